The van der Waals surface area contributed by atoms with Crippen LogP contribution in [0.15, 0.2) is 54.6 Å². The van der Waals surface area contributed by atoms with Crippen LogP contribution in [0, 0.1) is 0 Å². The summed E-state index contributed by atoms with van der Waals surface area (Å²) in [5.41, 5.74) is 3.46. The molecule has 6 heteroatoms. The highest BCUT2D eigenvalue weighted by atomic mass is 19.4. The van der Waals surface area contributed by atoms with Gasteiger partial charge in [-0.2, -0.15) is 13.2 Å². The van der Waals surface area contributed by atoms with E-state index < -0.39 is 18.6 Å². The van der Waals surface area contributed by atoms with E-state index in [9.17, 15) is 18.0 Å². The van der Waals surface area contributed by atoms with Gasteiger partial charge < -0.3 is 4.90 Å². The molecule has 1 atom stereocenters. The van der Waals surface area contributed by atoms with Crippen molar-refractivity contribution >= 4 is 5.91 Å². The molecule has 0 fully saturated rings. The Kier molecular flexibility index (Phi) is 5.32. The van der Waals surface area contributed by atoms with Crippen molar-refractivity contribution in [3.05, 3.63) is 71.3 Å². The van der Waals surface area contributed by atoms with E-state index in [4.69, 9.17) is 0 Å². The number of amides is 1. The number of halogens is 3. The highest BCUT2D eigenvalue weighted by Crippen LogP contribution is 2.33. The Morgan fingerprint density at radius 1 is 1.12 bits per heavy atom. The van der Waals surface area contributed by atoms with Gasteiger partial charge in [-0.05, 0) is 16.7 Å². The predicted molar refractivity (Wildman–Crippen MR) is 93.7 cm³/mol. The maximum Gasteiger partial charge on any atom is 0.406 e. The van der Waals surface area contributed by atoms with Crippen LogP contribution < -0.4 is 0 Å². The van der Waals surface area contributed by atoms with E-state index in [1.807, 2.05) is 53.4 Å². The third kappa shape index (κ3) is 4.43. The Morgan fingerprint density at radius 2 is 1.77 bits per heavy atom. The van der Waals surface area contributed by atoms with Crippen LogP contribution in [-0.4, -0.2) is 48.6 Å². The zero-order valence-electron chi connectivity index (χ0n) is 14.5. The molecule has 1 amide bonds. The standard InChI is InChI=1S/C20H21F3N2O/c1-24(14-20(21,22)23)19(26)13-25-11-16-9-5-6-10-17(16)18(12-25)15-7-3-2-4-8-15/h2-10,18H,11-14H2,1H3/t18-/m0/s1. The maximum atomic E-state index is 12.5. The van der Waals surface area contributed by atoms with Crippen LogP contribution in [0.25, 0.3) is 0 Å². The van der Waals surface area contributed by atoms with Crippen molar-refractivity contribution in [3.63, 3.8) is 0 Å². The average Bonchev–Trinajstić information content (AvgIpc) is 2.60. The molecule has 1 heterocycles. The van der Waals surface area contributed by atoms with E-state index in [1.165, 1.54) is 12.6 Å². The van der Waals surface area contributed by atoms with Gasteiger partial charge in [0.1, 0.15) is 6.54 Å². The Hall–Kier alpha value is -2.34. The second-order valence-corrected chi connectivity index (χ2v) is 6.70. The van der Waals surface area contributed by atoms with Gasteiger partial charge in [-0.1, -0.05) is 54.6 Å². The largest absolute Gasteiger partial charge is 0.406 e. The maximum absolute atomic E-state index is 12.5. The summed E-state index contributed by atoms with van der Waals surface area (Å²) in [6.07, 6.45) is -4.38. The van der Waals surface area contributed by atoms with E-state index in [2.05, 4.69) is 6.07 Å². The predicted octanol–water partition coefficient (Wildman–Crippen LogP) is 3.65. The summed E-state index contributed by atoms with van der Waals surface area (Å²) in [7, 11) is 1.20. The monoisotopic (exact) mass is 362 g/mol. The van der Waals surface area contributed by atoms with Gasteiger partial charge in [0.2, 0.25) is 5.91 Å². The van der Waals surface area contributed by atoms with E-state index in [1.54, 1.807) is 0 Å². The number of nitrogens with zero attached hydrogens (tertiary/aromatic N) is 2. The lowest BCUT2D eigenvalue weighted by molar-refractivity contribution is -0.159. The summed E-state index contributed by atoms with van der Waals surface area (Å²) < 4.78 is 37.6. The minimum atomic E-state index is -4.38. The van der Waals surface area contributed by atoms with Crippen molar-refractivity contribution in [1.82, 2.24) is 9.80 Å². The van der Waals surface area contributed by atoms with Crippen LogP contribution in [0.2, 0.25) is 0 Å². The lowest BCUT2D eigenvalue weighted by Crippen LogP contribution is -2.44. The van der Waals surface area contributed by atoms with Crippen molar-refractivity contribution in [2.45, 2.75) is 18.6 Å². The first kappa shape index (κ1) is 18.5. The minimum absolute atomic E-state index is 0.0236. The molecule has 138 valence electrons. The lowest BCUT2D eigenvalue weighted by Gasteiger charge is -2.35. The molecule has 0 spiro atoms. The van der Waals surface area contributed by atoms with E-state index in [0.717, 1.165) is 16.0 Å². The summed E-state index contributed by atoms with van der Waals surface area (Å²) in [6.45, 7) is -0.0830. The molecule has 0 radical (unpaired) electrons. The molecule has 2 aromatic rings. The fourth-order valence-corrected chi connectivity index (χ4v) is 3.44. The molecule has 0 aromatic heterocycles. The van der Waals surface area contributed by atoms with Crippen LogP contribution >= 0.6 is 0 Å². The molecule has 3 rings (SSSR count). The van der Waals surface area contributed by atoms with Crippen LogP contribution in [0.3, 0.4) is 0 Å². The fourth-order valence-electron chi connectivity index (χ4n) is 3.44. The van der Waals surface area contributed by atoms with Crippen LogP contribution in [0.1, 0.15) is 22.6 Å². The molecule has 0 bridgehead atoms. The van der Waals surface area contributed by atoms with Gasteiger partial charge in [-0.3, -0.25) is 9.69 Å². The molecular weight excluding hydrogens is 341 g/mol. The molecule has 3 nitrogen and oxygen atoms in total. The highest BCUT2D eigenvalue weighted by Gasteiger charge is 2.33. The van der Waals surface area contributed by atoms with Crippen LogP contribution in [0.5, 0.6) is 0 Å². The van der Waals surface area contributed by atoms with Gasteiger partial charge in [0.05, 0.1) is 6.54 Å². The molecule has 2 aromatic carbocycles. The van der Waals surface area contributed by atoms with Crippen molar-refractivity contribution in [3.8, 4) is 0 Å². The third-order valence-corrected chi connectivity index (χ3v) is 4.67. The number of fused-ring (bicyclic) bond motifs is 1. The Morgan fingerprint density at radius 3 is 2.46 bits per heavy atom. The van der Waals surface area contributed by atoms with Crippen LogP contribution in [0.4, 0.5) is 13.2 Å². The SMILES string of the molecule is CN(CC(F)(F)F)C(=O)CN1Cc2ccccc2[C@H](c2ccccc2)C1. The first-order valence-electron chi connectivity index (χ1n) is 8.49. The topological polar surface area (TPSA) is 23.6 Å². The Bertz CT molecular complexity index is 761. The smallest absolute Gasteiger partial charge is 0.336 e. The number of carbonyl (C=O) groups excluding carboxylic acids is 1. The summed E-state index contributed by atoms with van der Waals surface area (Å²) in [6, 6.07) is 18.0. The van der Waals surface area contributed by atoms with Crippen LogP contribution in [-0.2, 0) is 11.3 Å². The van der Waals surface area contributed by atoms with E-state index >= 15 is 0 Å². The number of carbonyl (C=O) groups is 1. The second-order valence-electron chi connectivity index (χ2n) is 6.70. The minimum Gasteiger partial charge on any atom is -0.336 e. The molecule has 1 aliphatic heterocycles. The van der Waals surface area contributed by atoms with Crippen molar-refractivity contribution < 1.29 is 18.0 Å². The Labute approximate surface area is 151 Å². The van der Waals surface area contributed by atoms with Gasteiger partial charge in [-0.25, -0.2) is 0 Å². The molecule has 0 saturated heterocycles. The summed E-state index contributed by atoms with van der Waals surface area (Å²) in [4.78, 5) is 14.9. The fraction of sp³-hybridized carbons (Fsp3) is 0.350. The molecule has 26 heavy (non-hydrogen) atoms. The number of alkyl halides is 3. The molecular formula is C20H21F3N2O. The summed E-state index contributed by atoms with van der Waals surface area (Å²) in [5, 5.41) is 0. The van der Waals surface area contributed by atoms with Gasteiger partial charge in [0, 0.05) is 26.1 Å². The molecule has 0 aliphatic carbocycles. The summed E-state index contributed by atoms with van der Waals surface area (Å²) in [5.74, 6) is -0.421. The summed E-state index contributed by atoms with van der Waals surface area (Å²) >= 11 is 0. The van der Waals surface area contributed by atoms with Gasteiger partial charge >= 0.3 is 6.18 Å². The molecule has 0 N–H and O–H groups in total. The third-order valence-electron chi connectivity index (χ3n) is 4.67. The number of hydrogen-bond donors (Lipinski definition) is 0. The van der Waals surface area contributed by atoms with Gasteiger partial charge in [0.25, 0.3) is 0 Å². The molecule has 0 saturated carbocycles. The van der Waals surface area contributed by atoms with Gasteiger partial charge in [0.15, 0.2) is 0 Å². The highest BCUT2D eigenvalue weighted by molar-refractivity contribution is 5.78. The van der Waals surface area contributed by atoms with Crippen molar-refractivity contribution in [2.75, 3.05) is 26.7 Å². The quantitative estimate of drug-likeness (QED) is 0.829. The number of hydrogen-bond acceptors (Lipinski definition) is 2. The van der Waals surface area contributed by atoms with Crippen molar-refractivity contribution in [1.29, 1.82) is 0 Å². The second kappa shape index (κ2) is 7.50. The first-order chi connectivity index (χ1) is 12.3. The number of rotatable bonds is 4. The lowest BCUT2D eigenvalue weighted by atomic mass is 9.84. The average molecular weight is 362 g/mol. The first-order valence-corrected chi connectivity index (χ1v) is 8.49. The zero-order chi connectivity index (χ0) is 18.7. The Balaban J connectivity index is 1.78. The van der Waals surface area contributed by atoms with E-state index in [-0.39, 0.29) is 12.5 Å². The molecule has 0 unspecified atom stereocenters. The number of benzene rings is 2. The van der Waals surface area contributed by atoms with Crippen molar-refractivity contribution in [2.24, 2.45) is 0 Å². The normalized spacial score (nSPS) is 17.6. The van der Waals surface area contributed by atoms with E-state index in [0.29, 0.717) is 13.1 Å². The zero-order valence-corrected chi connectivity index (χ0v) is 14.5. The molecule has 1 aliphatic rings. The van der Waals surface area contributed by atoms with Gasteiger partial charge in [-0.15, -0.1) is 0 Å². The number of likely N-dealkylation sites (N-methyl/N-ethyl adjacent to an activating group) is 1.